The molecule has 0 bridgehead atoms. The van der Waals surface area contributed by atoms with Crippen LogP contribution in [0.3, 0.4) is 0 Å². The van der Waals surface area contributed by atoms with Crippen LogP contribution in [0.5, 0.6) is 5.75 Å². The first kappa shape index (κ1) is 21.6. The Bertz CT molecular complexity index is 1080. The molecule has 0 saturated heterocycles. The van der Waals surface area contributed by atoms with Gasteiger partial charge in [0.1, 0.15) is 5.75 Å². The Morgan fingerprint density at radius 3 is 2.40 bits per heavy atom. The second kappa shape index (κ2) is 9.59. The molecule has 0 fully saturated rings. The van der Waals surface area contributed by atoms with E-state index in [0.29, 0.717) is 10.7 Å². The van der Waals surface area contributed by atoms with E-state index in [1.165, 1.54) is 10.7 Å². The summed E-state index contributed by atoms with van der Waals surface area (Å²) in [5.74, 6) is 0.473. The van der Waals surface area contributed by atoms with E-state index in [0.717, 1.165) is 28.0 Å². The van der Waals surface area contributed by atoms with E-state index >= 15 is 0 Å². The maximum Gasteiger partial charge on any atom is 0.266 e. The number of rotatable bonds is 7. The molecule has 30 heavy (non-hydrogen) atoms. The van der Waals surface area contributed by atoms with E-state index in [9.17, 15) is 9.59 Å². The van der Waals surface area contributed by atoms with Crippen LogP contribution in [-0.2, 0) is 11.3 Å². The number of aromatic nitrogens is 2. The lowest BCUT2D eigenvalue weighted by molar-refractivity contribution is -0.123. The highest BCUT2D eigenvalue weighted by Crippen LogP contribution is 2.24. The van der Waals surface area contributed by atoms with E-state index in [-0.39, 0.29) is 31.2 Å². The molecule has 0 aliphatic rings. The molecule has 7 heteroatoms. The van der Waals surface area contributed by atoms with Gasteiger partial charge in [-0.2, -0.15) is 5.10 Å². The molecule has 0 saturated carbocycles. The minimum Gasteiger partial charge on any atom is -0.483 e. The third kappa shape index (κ3) is 5.48. The van der Waals surface area contributed by atoms with Gasteiger partial charge in [-0.1, -0.05) is 41.4 Å². The summed E-state index contributed by atoms with van der Waals surface area (Å²) in [6.45, 7) is 6.38. The van der Waals surface area contributed by atoms with Gasteiger partial charge in [0.15, 0.2) is 6.61 Å². The number of carbonyl (C=O) groups is 1. The van der Waals surface area contributed by atoms with Gasteiger partial charge in [0, 0.05) is 23.2 Å². The normalized spacial score (nSPS) is 10.7. The topological polar surface area (TPSA) is 73.2 Å². The minimum atomic E-state index is -0.253. The van der Waals surface area contributed by atoms with Gasteiger partial charge in [-0.05, 0) is 50.1 Å². The fraction of sp³-hybridized carbons (Fsp3) is 0.261. The average Bonchev–Trinajstić information content (AvgIpc) is 2.69. The van der Waals surface area contributed by atoms with Crippen molar-refractivity contribution in [1.82, 2.24) is 15.1 Å². The summed E-state index contributed by atoms with van der Waals surface area (Å²) in [6.07, 6.45) is 0. The lowest BCUT2D eigenvalue weighted by Gasteiger charge is -2.13. The molecule has 0 spiro atoms. The average molecular weight is 426 g/mol. The molecule has 0 unspecified atom stereocenters. The molecule has 0 aliphatic heterocycles. The van der Waals surface area contributed by atoms with Crippen LogP contribution in [-0.4, -0.2) is 28.8 Å². The molecular weight excluding hydrogens is 402 g/mol. The van der Waals surface area contributed by atoms with Crippen molar-refractivity contribution in [2.24, 2.45) is 0 Å². The van der Waals surface area contributed by atoms with Crippen molar-refractivity contribution in [3.05, 3.63) is 80.6 Å². The number of hydrogen-bond acceptors (Lipinski definition) is 4. The second-order valence-electron chi connectivity index (χ2n) is 7.15. The fourth-order valence-corrected chi connectivity index (χ4v) is 3.39. The lowest BCUT2D eigenvalue weighted by Crippen LogP contribution is -2.34. The third-order valence-electron chi connectivity index (χ3n) is 4.60. The monoisotopic (exact) mass is 425 g/mol. The van der Waals surface area contributed by atoms with Crippen LogP contribution in [0.1, 0.15) is 16.7 Å². The summed E-state index contributed by atoms with van der Waals surface area (Å²) in [6, 6.07) is 14.4. The summed E-state index contributed by atoms with van der Waals surface area (Å²) in [5.41, 5.74) is 4.43. The van der Waals surface area contributed by atoms with Crippen molar-refractivity contribution in [2.45, 2.75) is 27.3 Å². The molecule has 3 aromatic rings. The first-order valence-corrected chi connectivity index (χ1v) is 10.0. The maximum atomic E-state index is 12.1. The Labute approximate surface area is 180 Å². The summed E-state index contributed by atoms with van der Waals surface area (Å²) in [5, 5.41) is 7.77. The molecule has 1 heterocycles. The van der Waals surface area contributed by atoms with Crippen molar-refractivity contribution in [1.29, 1.82) is 0 Å². The zero-order chi connectivity index (χ0) is 21.7. The summed E-state index contributed by atoms with van der Waals surface area (Å²) in [7, 11) is 0. The van der Waals surface area contributed by atoms with Gasteiger partial charge in [0.05, 0.1) is 12.2 Å². The number of benzene rings is 2. The van der Waals surface area contributed by atoms with Crippen LogP contribution in [0.25, 0.3) is 11.3 Å². The fourth-order valence-electron chi connectivity index (χ4n) is 3.27. The van der Waals surface area contributed by atoms with Gasteiger partial charge in [0.25, 0.3) is 11.5 Å². The molecule has 0 radical (unpaired) electrons. The molecule has 1 amide bonds. The van der Waals surface area contributed by atoms with E-state index in [2.05, 4.69) is 10.4 Å². The maximum absolute atomic E-state index is 12.1. The first-order valence-electron chi connectivity index (χ1n) is 9.65. The van der Waals surface area contributed by atoms with Crippen LogP contribution in [0.4, 0.5) is 0 Å². The van der Waals surface area contributed by atoms with Crippen molar-refractivity contribution in [3.8, 4) is 17.0 Å². The number of hydrogen-bond donors (Lipinski definition) is 1. The van der Waals surface area contributed by atoms with Gasteiger partial charge in [0.2, 0.25) is 0 Å². The zero-order valence-corrected chi connectivity index (χ0v) is 18.0. The van der Waals surface area contributed by atoms with Gasteiger partial charge in [-0.15, -0.1) is 0 Å². The second-order valence-corrected chi connectivity index (χ2v) is 7.59. The first-order chi connectivity index (χ1) is 14.3. The molecule has 0 aliphatic carbocycles. The molecule has 1 aromatic heterocycles. The zero-order valence-electron chi connectivity index (χ0n) is 17.2. The summed E-state index contributed by atoms with van der Waals surface area (Å²) >= 11 is 5.92. The van der Waals surface area contributed by atoms with Crippen LogP contribution in [0.15, 0.2) is 53.3 Å². The summed E-state index contributed by atoms with van der Waals surface area (Å²) in [4.78, 5) is 24.2. The number of nitrogens with one attached hydrogen (secondary N) is 1. The Hall–Kier alpha value is -3.12. The van der Waals surface area contributed by atoms with Crippen LogP contribution in [0, 0.1) is 20.8 Å². The van der Waals surface area contributed by atoms with E-state index in [4.69, 9.17) is 16.3 Å². The predicted octanol–water partition coefficient (Wildman–Crippen LogP) is 3.68. The smallest absolute Gasteiger partial charge is 0.266 e. The van der Waals surface area contributed by atoms with Gasteiger partial charge in [-0.25, -0.2) is 4.68 Å². The van der Waals surface area contributed by atoms with Crippen molar-refractivity contribution in [3.63, 3.8) is 0 Å². The van der Waals surface area contributed by atoms with Gasteiger partial charge < -0.3 is 10.1 Å². The lowest BCUT2D eigenvalue weighted by atomic mass is 10.1. The highest BCUT2D eigenvalue weighted by Gasteiger charge is 2.09. The number of amides is 1. The SMILES string of the molecule is Cc1cc(C)c(OCC(=O)NCCn2nc(-c3ccc(Cl)cc3)ccc2=O)c(C)c1. The quantitative estimate of drug-likeness (QED) is 0.626. The minimum absolute atomic E-state index is 0.0854. The molecule has 6 nitrogen and oxygen atoms in total. The highest BCUT2D eigenvalue weighted by molar-refractivity contribution is 6.30. The Balaban J connectivity index is 1.56. The molecule has 156 valence electrons. The molecule has 0 atom stereocenters. The van der Waals surface area contributed by atoms with E-state index < -0.39 is 0 Å². The van der Waals surface area contributed by atoms with Crippen LogP contribution in [0.2, 0.25) is 5.02 Å². The van der Waals surface area contributed by atoms with Gasteiger partial charge in [-0.3, -0.25) is 9.59 Å². The molecule has 2 aromatic carbocycles. The van der Waals surface area contributed by atoms with E-state index in [1.807, 2.05) is 45.0 Å². The Morgan fingerprint density at radius 1 is 1.07 bits per heavy atom. The Morgan fingerprint density at radius 2 is 1.73 bits per heavy atom. The largest absolute Gasteiger partial charge is 0.483 e. The summed E-state index contributed by atoms with van der Waals surface area (Å²) < 4.78 is 7.02. The predicted molar refractivity (Wildman–Crippen MR) is 118 cm³/mol. The highest BCUT2D eigenvalue weighted by atomic mass is 35.5. The van der Waals surface area contributed by atoms with Crippen molar-refractivity contribution < 1.29 is 9.53 Å². The van der Waals surface area contributed by atoms with Crippen molar-refractivity contribution in [2.75, 3.05) is 13.2 Å². The number of carbonyl (C=O) groups excluding carboxylic acids is 1. The van der Waals surface area contributed by atoms with Crippen LogP contribution >= 0.6 is 11.6 Å². The molecular formula is C23H24ClN3O3. The van der Waals surface area contributed by atoms with Crippen LogP contribution < -0.4 is 15.6 Å². The standard InChI is InChI=1S/C23H24ClN3O3/c1-15-12-16(2)23(17(3)13-15)30-14-21(28)25-10-11-27-22(29)9-8-20(26-27)18-4-6-19(24)7-5-18/h4-9,12-13H,10-11,14H2,1-3H3,(H,25,28). The molecule has 1 N–H and O–H groups in total. The number of halogens is 1. The molecule has 3 rings (SSSR count). The number of nitrogens with zero attached hydrogens (tertiary/aromatic N) is 2. The van der Waals surface area contributed by atoms with Gasteiger partial charge >= 0.3 is 0 Å². The number of ether oxygens (including phenoxy) is 1. The third-order valence-corrected chi connectivity index (χ3v) is 4.86. The number of aryl methyl sites for hydroxylation is 3. The Kier molecular flexibility index (Phi) is 6.90. The van der Waals surface area contributed by atoms with Crippen molar-refractivity contribution >= 4 is 17.5 Å². The van der Waals surface area contributed by atoms with E-state index in [1.54, 1.807) is 18.2 Å².